The smallest absolute Gasteiger partial charge is 0.234 e. The maximum atomic E-state index is 5.46. The Kier molecular flexibility index (Phi) is 3.61. The van der Waals surface area contributed by atoms with Crippen molar-refractivity contribution < 1.29 is 4.58 Å². The molecule has 0 fully saturated rings. The highest BCUT2D eigenvalue weighted by atomic mass is 35.5. The van der Waals surface area contributed by atoms with Crippen molar-refractivity contribution in [3.8, 4) is 0 Å². The van der Waals surface area contributed by atoms with E-state index in [0.29, 0.717) is 6.00 Å². The molecule has 0 radical (unpaired) electrons. The van der Waals surface area contributed by atoms with Gasteiger partial charge in [0.1, 0.15) is 0 Å². The Hall–Kier alpha value is -0.240. The van der Waals surface area contributed by atoms with Gasteiger partial charge in [0.05, 0.1) is 21.1 Å². The van der Waals surface area contributed by atoms with Crippen LogP contribution in [0.25, 0.3) is 0 Å². The van der Waals surface area contributed by atoms with Crippen LogP contribution in [0.1, 0.15) is 0 Å². The van der Waals surface area contributed by atoms with E-state index in [2.05, 4.69) is 0 Å². The predicted molar refractivity (Wildman–Crippen MR) is 36.7 cm³/mol. The summed E-state index contributed by atoms with van der Waals surface area (Å²) in [5, 5.41) is 0. The van der Waals surface area contributed by atoms with E-state index in [1.54, 1.807) is 0 Å². The molecule has 0 aromatic rings. The van der Waals surface area contributed by atoms with Gasteiger partial charge in [-0.1, -0.05) is 11.6 Å². The Balaban J connectivity index is 3.51. The summed E-state index contributed by atoms with van der Waals surface area (Å²) in [6, 6.07) is 0.540. The van der Waals surface area contributed by atoms with Crippen molar-refractivity contribution in [3.05, 3.63) is 0 Å². The first-order valence-corrected chi connectivity index (χ1v) is 2.98. The van der Waals surface area contributed by atoms with Crippen LogP contribution < -0.4 is 0 Å². The molecule has 0 aromatic carbocycles. The Bertz CT molecular complexity index is 86.4. The van der Waals surface area contributed by atoms with E-state index in [1.165, 1.54) is 0 Å². The van der Waals surface area contributed by atoms with E-state index < -0.39 is 0 Å². The molecule has 0 saturated heterocycles. The molecule has 0 N–H and O–H groups in total. The summed E-state index contributed by atoms with van der Waals surface area (Å²) in [4.78, 5) is 1.89. The van der Waals surface area contributed by atoms with Crippen LogP contribution in [-0.4, -0.2) is 43.0 Å². The molecule has 0 rings (SSSR count). The summed E-state index contributed by atoms with van der Waals surface area (Å²) < 4.78 is 1.95. The molecule has 0 aliphatic rings. The largest absolute Gasteiger partial charge is 0.274 e. The molecular weight excluding hydrogens is 124 g/mol. The summed E-state index contributed by atoms with van der Waals surface area (Å²) in [5.41, 5.74) is 0. The summed E-state index contributed by atoms with van der Waals surface area (Å²) in [6.07, 6.45) is 1.92. The zero-order chi connectivity index (χ0) is 6.57. The number of rotatable bonds is 2. The minimum Gasteiger partial charge on any atom is -0.274 e. The standard InChI is InChI=1S/C5H12ClN2/c1-7(2)5-8(3)4-6/h5H,4H2,1-3H3/q+1. The SMILES string of the molecule is CN(C=[N+](C)C)CCl. The van der Waals surface area contributed by atoms with Crippen LogP contribution >= 0.6 is 11.6 Å². The quantitative estimate of drug-likeness (QED) is 0.175. The first-order chi connectivity index (χ1) is 3.66. The van der Waals surface area contributed by atoms with Crippen LogP contribution in [0.15, 0.2) is 0 Å². The number of alkyl halides is 1. The molecule has 0 amide bonds. The average Bonchev–Trinajstić information content (AvgIpc) is 1.65. The third-order valence-corrected chi connectivity index (χ3v) is 0.994. The maximum absolute atomic E-state index is 5.46. The molecule has 0 aromatic heterocycles. The first kappa shape index (κ1) is 7.76. The Labute approximate surface area is 55.4 Å². The molecule has 0 spiro atoms. The molecule has 8 heavy (non-hydrogen) atoms. The van der Waals surface area contributed by atoms with Crippen molar-refractivity contribution in [2.45, 2.75) is 0 Å². The summed E-state index contributed by atoms with van der Waals surface area (Å²) in [5.74, 6) is 0. The van der Waals surface area contributed by atoms with Crippen LogP contribution in [0, 0.1) is 0 Å². The normalized spacial score (nSPS) is 8.50. The van der Waals surface area contributed by atoms with Gasteiger partial charge in [-0.2, -0.15) is 0 Å². The lowest BCUT2D eigenvalue weighted by atomic mass is 10.9. The fourth-order valence-electron chi connectivity index (χ4n) is 0.425. The molecule has 0 aliphatic carbocycles. The zero-order valence-electron chi connectivity index (χ0n) is 5.56. The summed E-state index contributed by atoms with van der Waals surface area (Å²) in [7, 11) is 5.85. The topological polar surface area (TPSA) is 6.25 Å². The second-order valence-corrected chi connectivity index (χ2v) is 2.19. The van der Waals surface area contributed by atoms with Crippen molar-refractivity contribution in [2.24, 2.45) is 0 Å². The second kappa shape index (κ2) is 3.72. The lowest BCUT2D eigenvalue weighted by molar-refractivity contribution is -0.464. The number of nitrogens with zero attached hydrogens (tertiary/aromatic N) is 2. The summed E-state index contributed by atoms with van der Waals surface area (Å²) in [6.45, 7) is 0. The van der Waals surface area contributed by atoms with Crippen molar-refractivity contribution in [2.75, 3.05) is 27.1 Å². The zero-order valence-corrected chi connectivity index (χ0v) is 6.31. The number of hydrogen-bond donors (Lipinski definition) is 0. The molecule has 0 unspecified atom stereocenters. The van der Waals surface area contributed by atoms with Crippen LogP contribution in [0.5, 0.6) is 0 Å². The highest BCUT2D eigenvalue weighted by Crippen LogP contribution is 1.77. The van der Waals surface area contributed by atoms with Gasteiger partial charge in [0.2, 0.25) is 6.34 Å². The van der Waals surface area contributed by atoms with Gasteiger partial charge in [-0.3, -0.25) is 9.48 Å². The minimum atomic E-state index is 0.540. The van der Waals surface area contributed by atoms with Gasteiger partial charge in [-0.15, -0.1) is 0 Å². The van der Waals surface area contributed by atoms with Crippen LogP contribution in [0.4, 0.5) is 0 Å². The fourth-order valence-corrected chi connectivity index (χ4v) is 0.487. The van der Waals surface area contributed by atoms with Crippen LogP contribution in [0.3, 0.4) is 0 Å². The molecule has 0 atom stereocenters. The van der Waals surface area contributed by atoms with Crippen molar-refractivity contribution in [3.63, 3.8) is 0 Å². The molecule has 3 heteroatoms. The molecular formula is C5H12ClN2+. The lowest BCUT2D eigenvalue weighted by Crippen LogP contribution is -2.19. The highest BCUT2D eigenvalue weighted by molar-refractivity contribution is 6.18. The Morgan fingerprint density at radius 2 is 2.12 bits per heavy atom. The predicted octanol–water partition coefficient (Wildman–Crippen LogP) is 0.415. The lowest BCUT2D eigenvalue weighted by Gasteiger charge is -1.99. The van der Waals surface area contributed by atoms with Gasteiger partial charge in [0.25, 0.3) is 0 Å². The second-order valence-electron chi connectivity index (χ2n) is 1.96. The van der Waals surface area contributed by atoms with Gasteiger partial charge in [-0.25, -0.2) is 0 Å². The molecule has 0 heterocycles. The third-order valence-electron chi connectivity index (χ3n) is 0.617. The van der Waals surface area contributed by atoms with E-state index in [1.807, 2.05) is 37.0 Å². The molecule has 2 nitrogen and oxygen atoms in total. The van der Waals surface area contributed by atoms with Crippen molar-refractivity contribution >= 4 is 17.9 Å². The van der Waals surface area contributed by atoms with Crippen molar-refractivity contribution in [1.82, 2.24) is 4.90 Å². The fraction of sp³-hybridized carbons (Fsp3) is 0.800. The van der Waals surface area contributed by atoms with E-state index in [9.17, 15) is 0 Å². The number of halogens is 1. The number of hydrogen-bond acceptors (Lipinski definition) is 0. The first-order valence-electron chi connectivity index (χ1n) is 2.44. The van der Waals surface area contributed by atoms with Crippen LogP contribution in [0.2, 0.25) is 0 Å². The maximum Gasteiger partial charge on any atom is 0.234 e. The van der Waals surface area contributed by atoms with Gasteiger partial charge in [0, 0.05) is 0 Å². The van der Waals surface area contributed by atoms with E-state index in [-0.39, 0.29) is 0 Å². The highest BCUT2D eigenvalue weighted by Gasteiger charge is 1.91. The van der Waals surface area contributed by atoms with Gasteiger partial charge >= 0.3 is 0 Å². The van der Waals surface area contributed by atoms with Crippen LogP contribution in [-0.2, 0) is 0 Å². The van der Waals surface area contributed by atoms with E-state index in [0.717, 1.165) is 0 Å². The molecule has 0 bridgehead atoms. The van der Waals surface area contributed by atoms with Gasteiger partial charge in [0.15, 0.2) is 6.00 Å². The Morgan fingerprint density at radius 1 is 1.62 bits per heavy atom. The summed E-state index contributed by atoms with van der Waals surface area (Å²) >= 11 is 5.46. The minimum absolute atomic E-state index is 0.540. The monoisotopic (exact) mass is 135 g/mol. The van der Waals surface area contributed by atoms with Crippen molar-refractivity contribution in [1.29, 1.82) is 0 Å². The Morgan fingerprint density at radius 3 is 2.25 bits per heavy atom. The average molecular weight is 136 g/mol. The third kappa shape index (κ3) is 3.93. The van der Waals surface area contributed by atoms with Gasteiger partial charge in [-0.05, 0) is 0 Å². The molecule has 48 valence electrons. The molecule has 0 aliphatic heterocycles. The van der Waals surface area contributed by atoms with Gasteiger partial charge < -0.3 is 0 Å². The molecule has 0 saturated carbocycles. The van der Waals surface area contributed by atoms with E-state index in [4.69, 9.17) is 11.6 Å². The van der Waals surface area contributed by atoms with E-state index >= 15 is 0 Å².